The molecular formula is C24H14ClF13N2O. The first-order chi connectivity index (χ1) is 18.5. The van der Waals surface area contributed by atoms with Crippen LogP contribution >= 0.6 is 11.6 Å². The summed E-state index contributed by atoms with van der Waals surface area (Å²) >= 11 is 5.60. The highest BCUT2D eigenvalue weighted by Gasteiger charge is 2.91. The number of hydrogen-bond acceptors (Lipinski definition) is 2. The average Bonchev–Trinajstić information content (AvgIpc) is 3.34. The normalized spacial score (nSPS) is 14.7. The summed E-state index contributed by atoms with van der Waals surface area (Å²) in [7, 11) is 0. The Morgan fingerprint density at radius 3 is 1.78 bits per heavy atom. The molecule has 0 saturated carbocycles. The van der Waals surface area contributed by atoms with Crippen LogP contribution in [0.4, 0.5) is 57.1 Å². The summed E-state index contributed by atoms with van der Waals surface area (Å²) in [5, 5.41) is -0.266. The number of para-hydroxylation sites is 1. The van der Waals surface area contributed by atoms with Gasteiger partial charge in [0, 0.05) is 17.4 Å². The number of hydrogen-bond donors (Lipinski definition) is 0. The smallest absolute Gasteiger partial charge is 0.297 e. The molecule has 1 aromatic heterocycles. The number of aromatic nitrogens is 2. The summed E-state index contributed by atoms with van der Waals surface area (Å²) in [5.41, 5.74) is -0.870. The van der Waals surface area contributed by atoms with Gasteiger partial charge in [-0.1, -0.05) is 41.9 Å². The number of rotatable bonds is 9. The Balaban J connectivity index is 2.26. The molecule has 2 aromatic carbocycles. The number of Topliss-reactive ketones (excluding diaryl/α,β-unsaturated/α-hetero) is 1. The molecule has 0 fully saturated rings. The van der Waals surface area contributed by atoms with Crippen molar-refractivity contribution < 1.29 is 61.9 Å². The predicted molar refractivity (Wildman–Crippen MR) is 118 cm³/mol. The van der Waals surface area contributed by atoms with Gasteiger partial charge in [0.15, 0.2) is 5.82 Å². The minimum Gasteiger partial charge on any atom is -0.297 e. The molecule has 0 aliphatic carbocycles. The average molecular weight is 629 g/mol. The molecule has 1 atom stereocenters. The molecule has 3 nitrogen and oxygen atoms in total. The Morgan fingerprint density at radius 2 is 1.27 bits per heavy atom. The molecule has 224 valence electrons. The van der Waals surface area contributed by atoms with E-state index in [1.165, 1.54) is 31.2 Å². The molecule has 1 heterocycles. The molecule has 0 N–H and O–H groups in total. The quantitative estimate of drug-likeness (QED) is 0.176. The van der Waals surface area contributed by atoms with Crippen molar-refractivity contribution >= 4 is 17.4 Å². The third-order valence-corrected chi connectivity index (χ3v) is 6.27. The van der Waals surface area contributed by atoms with E-state index in [0.29, 0.717) is 29.8 Å². The summed E-state index contributed by atoms with van der Waals surface area (Å²) in [5.74, 6) is -45.7. The van der Waals surface area contributed by atoms with Crippen LogP contribution in [0.15, 0.2) is 60.9 Å². The molecule has 17 heteroatoms. The van der Waals surface area contributed by atoms with E-state index in [2.05, 4.69) is 4.98 Å². The third kappa shape index (κ3) is 4.93. The van der Waals surface area contributed by atoms with E-state index in [1.807, 2.05) is 0 Å². The van der Waals surface area contributed by atoms with Crippen LogP contribution in [0.5, 0.6) is 0 Å². The van der Waals surface area contributed by atoms with Crippen molar-refractivity contribution in [2.45, 2.75) is 48.6 Å². The molecule has 0 bridgehead atoms. The zero-order chi connectivity index (χ0) is 31.4. The van der Waals surface area contributed by atoms with Gasteiger partial charge >= 0.3 is 35.8 Å². The number of halogens is 14. The number of nitrogens with zero attached hydrogens (tertiary/aromatic N) is 2. The standard InChI is InChI=1S/C24H14ClF13N2O/c1-12-4-2-3-5-15(12)40-11-10-39-18(40)17(41)16(13-6-8-14(25)9-7-13)19(26,27)20(28,29)21(30,31)22(32,33)23(34,35)24(36,37)38/h2-11,16H,1H3/t16-/m1/s1. The summed E-state index contributed by atoms with van der Waals surface area (Å²) in [6.45, 7) is 1.45. The first kappa shape index (κ1) is 32.2. The molecule has 41 heavy (non-hydrogen) atoms. The van der Waals surface area contributed by atoms with Crippen molar-refractivity contribution in [3.8, 4) is 5.69 Å². The Kier molecular flexibility index (Phi) is 8.02. The van der Waals surface area contributed by atoms with Gasteiger partial charge in [-0.15, -0.1) is 0 Å². The van der Waals surface area contributed by atoms with Crippen molar-refractivity contribution in [2.75, 3.05) is 0 Å². The van der Waals surface area contributed by atoms with Crippen molar-refractivity contribution in [1.82, 2.24) is 9.55 Å². The molecule has 3 rings (SSSR count). The van der Waals surface area contributed by atoms with Crippen LogP contribution in [0.2, 0.25) is 5.02 Å². The van der Waals surface area contributed by atoms with Crippen LogP contribution in [0.1, 0.15) is 27.7 Å². The number of aryl methyl sites for hydroxylation is 1. The van der Waals surface area contributed by atoms with Crippen molar-refractivity contribution in [3.63, 3.8) is 0 Å². The number of ketones is 1. The van der Waals surface area contributed by atoms with Gasteiger partial charge in [0.05, 0.1) is 5.69 Å². The molecule has 0 saturated heterocycles. The van der Waals surface area contributed by atoms with Crippen molar-refractivity contribution in [1.29, 1.82) is 0 Å². The fraction of sp³-hybridized carbons (Fsp3) is 0.333. The van der Waals surface area contributed by atoms with Crippen LogP contribution in [0.3, 0.4) is 0 Å². The maximum absolute atomic E-state index is 15.4. The summed E-state index contributed by atoms with van der Waals surface area (Å²) in [6.07, 6.45) is -5.78. The van der Waals surface area contributed by atoms with Gasteiger partial charge in [-0.3, -0.25) is 9.36 Å². The molecular weight excluding hydrogens is 615 g/mol. The summed E-state index contributed by atoms with van der Waals surface area (Å²) < 4.78 is 182. The number of carbonyl (C=O) groups excluding carboxylic acids is 1. The van der Waals surface area contributed by atoms with E-state index < -0.39 is 58.9 Å². The second kappa shape index (κ2) is 10.2. The second-order valence-electron chi connectivity index (χ2n) is 8.67. The van der Waals surface area contributed by atoms with Gasteiger partial charge in [0.1, 0.15) is 5.92 Å². The highest BCUT2D eigenvalue weighted by atomic mass is 35.5. The first-order valence-corrected chi connectivity index (χ1v) is 11.3. The zero-order valence-corrected chi connectivity index (χ0v) is 20.7. The number of imidazole rings is 1. The SMILES string of the molecule is Cc1ccccc1-n1ccnc1C(=O)[C@@H](c1ccc(Cl)cc1)C(F)(F)C(F)(F)C(F)(F)C(F)(F)C(F)(F)C(F)(F)F. The van der Waals surface area contributed by atoms with Gasteiger partial charge < -0.3 is 0 Å². The lowest BCUT2D eigenvalue weighted by molar-refractivity contribution is -0.440. The van der Waals surface area contributed by atoms with E-state index in [1.54, 1.807) is 0 Å². The lowest BCUT2D eigenvalue weighted by Gasteiger charge is -2.41. The molecule has 0 amide bonds. The van der Waals surface area contributed by atoms with Crippen LogP contribution in [0, 0.1) is 6.92 Å². The number of benzene rings is 2. The maximum Gasteiger partial charge on any atom is 0.460 e. The van der Waals surface area contributed by atoms with E-state index in [0.717, 1.165) is 17.0 Å². The monoisotopic (exact) mass is 628 g/mol. The second-order valence-corrected chi connectivity index (χ2v) is 9.11. The van der Waals surface area contributed by atoms with Crippen LogP contribution < -0.4 is 0 Å². The topological polar surface area (TPSA) is 34.9 Å². The Bertz CT molecular complexity index is 1420. The van der Waals surface area contributed by atoms with Crippen LogP contribution in [0.25, 0.3) is 5.69 Å². The third-order valence-electron chi connectivity index (χ3n) is 6.02. The minimum atomic E-state index is -8.11. The summed E-state index contributed by atoms with van der Waals surface area (Å²) in [4.78, 5) is 16.8. The zero-order valence-electron chi connectivity index (χ0n) is 19.9. The summed E-state index contributed by atoms with van der Waals surface area (Å²) in [6, 6.07) is 7.94. The van der Waals surface area contributed by atoms with E-state index in [9.17, 15) is 53.1 Å². The largest absolute Gasteiger partial charge is 0.460 e. The first-order valence-electron chi connectivity index (χ1n) is 10.9. The molecule has 0 unspecified atom stereocenters. The van der Waals surface area contributed by atoms with E-state index in [4.69, 9.17) is 11.6 Å². The lowest BCUT2D eigenvalue weighted by Crippen LogP contribution is -2.71. The van der Waals surface area contributed by atoms with Crippen LogP contribution in [-0.2, 0) is 0 Å². The van der Waals surface area contributed by atoms with Gasteiger partial charge in [-0.25, -0.2) is 4.98 Å². The Hall–Kier alpha value is -3.30. The minimum absolute atomic E-state index is 0.0416. The van der Waals surface area contributed by atoms with Crippen molar-refractivity contribution in [2.24, 2.45) is 0 Å². The highest BCUT2D eigenvalue weighted by molar-refractivity contribution is 6.30. The lowest BCUT2D eigenvalue weighted by atomic mass is 9.81. The fourth-order valence-corrected chi connectivity index (χ4v) is 3.91. The van der Waals surface area contributed by atoms with Gasteiger partial charge in [0.25, 0.3) is 0 Å². The van der Waals surface area contributed by atoms with Gasteiger partial charge in [-0.05, 0) is 36.2 Å². The molecule has 0 spiro atoms. The predicted octanol–water partition coefficient (Wildman–Crippen LogP) is 8.54. The molecule has 0 aliphatic heterocycles. The molecule has 0 aliphatic rings. The molecule has 3 aromatic rings. The van der Waals surface area contributed by atoms with E-state index >= 15 is 8.78 Å². The van der Waals surface area contributed by atoms with Crippen molar-refractivity contribution in [3.05, 3.63) is 82.9 Å². The highest BCUT2D eigenvalue weighted by Crippen LogP contribution is 2.62. The number of carbonyl (C=O) groups is 1. The van der Waals surface area contributed by atoms with Crippen LogP contribution in [-0.4, -0.2) is 51.1 Å². The number of alkyl halides is 13. The Morgan fingerprint density at radius 1 is 0.756 bits per heavy atom. The molecule has 0 radical (unpaired) electrons. The van der Waals surface area contributed by atoms with E-state index in [-0.39, 0.29) is 10.7 Å². The van der Waals surface area contributed by atoms with Gasteiger partial charge in [-0.2, -0.15) is 57.1 Å². The Labute approximate surface area is 226 Å². The van der Waals surface area contributed by atoms with Gasteiger partial charge in [0.2, 0.25) is 5.78 Å². The maximum atomic E-state index is 15.4. The fourth-order valence-electron chi connectivity index (χ4n) is 3.79.